The highest BCUT2D eigenvalue weighted by atomic mass is 19.1. The maximum Gasteiger partial charge on any atom is 0.317 e. The van der Waals surface area contributed by atoms with Crippen LogP contribution in [0.15, 0.2) is 48.5 Å². The quantitative estimate of drug-likeness (QED) is 0.791. The Bertz CT molecular complexity index is 938. The van der Waals surface area contributed by atoms with Crippen molar-refractivity contribution in [3.63, 3.8) is 0 Å². The van der Waals surface area contributed by atoms with Crippen molar-refractivity contribution >= 4 is 17.6 Å². The van der Waals surface area contributed by atoms with Crippen LogP contribution < -0.4 is 10.2 Å². The molecule has 0 unspecified atom stereocenters. The van der Waals surface area contributed by atoms with Crippen molar-refractivity contribution in [2.75, 3.05) is 44.2 Å². The van der Waals surface area contributed by atoms with Gasteiger partial charge in [0, 0.05) is 57.1 Å². The number of halogens is 1. The van der Waals surface area contributed by atoms with Crippen LogP contribution in [0, 0.1) is 5.82 Å². The van der Waals surface area contributed by atoms with E-state index in [2.05, 4.69) is 10.2 Å². The number of carbonyl (C=O) groups is 2. The molecule has 31 heavy (non-hydrogen) atoms. The molecular formula is C23H27FN4O3. The second-order valence-corrected chi connectivity index (χ2v) is 7.99. The van der Waals surface area contributed by atoms with Crippen LogP contribution in [-0.2, 0) is 0 Å². The summed E-state index contributed by atoms with van der Waals surface area (Å²) in [5.74, 6) is -0.573. The van der Waals surface area contributed by atoms with E-state index in [1.54, 1.807) is 34.1 Å². The fourth-order valence-corrected chi connectivity index (χ4v) is 4.16. The summed E-state index contributed by atoms with van der Waals surface area (Å²) < 4.78 is 13.9. The summed E-state index contributed by atoms with van der Waals surface area (Å²) in [7, 11) is 0. The van der Waals surface area contributed by atoms with Crippen LogP contribution >= 0.6 is 0 Å². The van der Waals surface area contributed by atoms with Crippen molar-refractivity contribution in [2.45, 2.75) is 18.9 Å². The predicted octanol–water partition coefficient (Wildman–Crippen LogP) is 2.67. The molecule has 0 bridgehead atoms. The smallest absolute Gasteiger partial charge is 0.317 e. The van der Waals surface area contributed by atoms with Gasteiger partial charge in [-0.3, -0.25) is 4.79 Å². The van der Waals surface area contributed by atoms with Crippen molar-refractivity contribution in [1.82, 2.24) is 15.1 Å². The Balaban J connectivity index is 1.23. The van der Waals surface area contributed by atoms with Gasteiger partial charge in [0.15, 0.2) is 0 Å². The summed E-state index contributed by atoms with van der Waals surface area (Å²) in [5, 5.41) is 12.7. The minimum atomic E-state index is -0.507. The zero-order valence-electron chi connectivity index (χ0n) is 17.3. The molecule has 2 aromatic carbocycles. The molecule has 2 aliphatic heterocycles. The number of nitrogens with zero attached hydrogens (tertiary/aromatic N) is 3. The zero-order chi connectivity index (χ0) is 21.8. The van der Waals surface area contributed by atoms with Gasteiger partial charge in [-0.1, -0.05) is 18.2 Å². The number of likely N-dealkylation sites (tertiary alicyclic amines) is 1. The Hall–Kier alpha value is -3.29. The zero-order valence-corrected chi connectivity index (χ0v) is 17.3. The standard InChI is InChI=1S/C23H27FN4O3/c24-21-7-2-1-6-20(21)22(30)27-10-8-17(9-11-27)25-23(31)28-14-12-26(13-15-28)18-4-3-5-19(29)16-18/h1-7,16-17,29H,8-15H2,(H,25,31). The highest BCUT2D eigenvalue weighted by Crippen LogP contribution is 2.21. The van der Waals surface area contributed by atoms with Crippen molar-refractivity contribution in [1.29, 1.82) is 0 Å². The molecule has 0 radical (unpaired) electrons. The molecule has 8 heteroatoms. The van der Waals surface area contributed by atoms with Gasteiger partial charge in [0.1, 0.15) is 11.6 Å². The number of nitrogens with one attached hydrogen (secondary N) is 1. The van der Waals surface area contributed by atoms with Gasteiger partial charge in [-0.2, -0.15) is 0 Å². The number of phenolic OH excluding ortho intramolecular Hbond substituents is 1. The van der Waals surface area contributed by atoms with Crippen LogP contribution in [0.5, 0.6) is 5.75 Å². The lowest BCUT2D eigenvalue weighted by Crippen LogP contribution is -2.55. The normalized spacial score (nSPS) is 17.5. The number of rotatable bonds is 3. The fourth-order valence-electron chi connectivity index (χ4n) is 4.16. The number of piperazine rings is 1. The van der Waals surface area contributed by atoms with Crippen molar-refractivity contribution in [3.8, 4) is 5.75 Å². The molecule has 0 spiro atoms. The lowest BCUT2D eigenvalue weighted by Gasteiger charge is -2.38. The second kappa shape index (κ2) is 9.24. The summed E-state index contributed by atoms with van der Waals surface area (Å²) >= 11 is 0. The van der Waals surface area contributed by atoms with Crippen LogP contribution in [0.1, 0.15) is 23.2 Å². The summed E-state index contributed by atoms with van der Waals surface area (Å²) in [5.41, 5.74) is 1.04. The van der Waals surface area contributed by atoms with Gasteiger partial charge in [-0.25, -0.2) is 9.18 Å². The van der Waals surface area contributed by atoms with Crippen LogP contribution in [0.4, 0.5) is 14.9 Å². The maximum atomic E-state index is 13.9. The van der Waals surface area contributed by atoms with Crippen LogP contribution in [0.2, 0.25) is 0 Å². The molecule has 2 aliphatic rings. The van der Waals surface area contributed by atoms with Crippen molar-refractivity contribution in [2.24, 2.45) is 0 Å². The molecule has 0 aliphatic carbocycles. The van der Waals surface area contributed by atoms with Crippen molar-refractivity contribution in [3.05, 3.63) is 59.9 Å². The first kappa shape index (κ1) is 21.0. The molecule has 2 fully saturated rings. The van der Waals surface area contributed by atoms with Gasteiger partial charge in [-0.05, 0) is 37.1 Å². The maximum absolute atomic E-state index is 13.9. The molecule has 164 valence electrons. The summed E-state index contributed by atoms with van der Waals surface area (Å²) in [6.45, 7) is 3.59. The Labute approximate surface area is 181 Å². The SMILES string of the molecule is O=C(NC1CCN(C(=O)c2ccccc2F)CC1)N1CCN(c2cccc(O)c2)CC1. The molecule has 0 atom stereocenters. The van der Waals surface area contributed by atoms with Crippen LogP contribution in [-0.4, -0.2) is 72.2 Å². The van der Waals surface area contributed by atoms with Gasteiger partial charge in [0.05, 0.1) is 5.56 Å². The number of aromatic hydroxyl groups is 1. The second-order valence-electron chi connectivity index (χ2n) is 7.99. The molecule has 2 heterocycles. The van der Waals surface area contributed by atoms with Crippen LogP contribution in [0.25, 0.3) is 0 Å². The van der Waals surface area contributed by atoms with E-state index in [9.17, 15) is 19.1 Å². The molecule has 3 amide bonds. The van der Waals surface area contributed by atoms with E-state index < -0.39 is 5.82 Å². The third kappa shape index (κ3) is 4.90. The molecule has 0 aromatic heterocycles. The molecule has 4 rings (SSSR count). The molecule has 2 N–H and O–H groups in total. The summed E-state index contributed by atoms with van der Waals surface area (Å²) in [4.78, 5) is 30.8. The fraction of sp³-hybridized carbons (Fsp3) is 0.391. The number of amides is 3. The molecule has 2 aromatic rings. The first-order valence-corrected chi connectivity index (χ1v) is 10.6. The summed E-state index contributed by atoms with van der Waals surface area (Å²) in [6.07, 6.45) is 1.30. The van der Waals surface area contributed by atoms with Gasteiger partial charge in [-0.15, -0.1) is 0 Å². The first-order chi connectivity index (χ1) is 15.0. The average Bonchev–Trinajstić information content (AvgIpc) is 2.79. The summed E-state index contributed by atoms with van der Waals surface area (Å²) in [6, 6.07) is 13.1. The number of piperidine rings is 1. The predicted molar refractivity (Wildman–Crippen MR) is 116 cm³/mol. The first-order valence-electron chi connectivity index (χ1n) is 10.6. The highest BCUT2D eigenvalue weighted by Gasteiger charge is 2.28. The average molecular weight is 426 g/mol. The van der Waals surface area contributed by atoms with Gasteiger partial charge in [0.2, 0.25) is 0 Å². The molecule has 0 saturated carbocycles. The van der Waals surface area contributed by atoms with E-state index >= 15 is 0 Å². The number of hydrogen-bond acceptors (Lipinski definition) is 4. The minimum absolute atomic E-state index is 0.00118. The van der Waals surface area contributed by atoms with Gasteiger partial charge >= 0.3 is 6.03 Å². The number of benzene rings is 2. The third-order valence-electron chi connectivity index (χ3n) is 5.98. The number of carbonyl (C=O) groups excluding carboxylic acids is 2. The van der Waals surface area contributed by atoms with E-state index in [0.717, 1.165) is 5.69 Å². The van der Waals surface area contributed by atoms with E-state index in [4.69, 9.17) is 0 Å². The monoisotopic (exact) mass is 426 g/mol. The Morgan fingerprint density at radius 2 is 1.61 bits per heavy atom. The number of phenols is 1. The number of urea groups is 1. The van der Waals surface area contributed by atoms with E-state index in [0.29, 0.717) is 52.1 Å². The van der Waals surface area contributed by atoms with E-state index in [-0.39, 0.29) is 29.3 Å². The molecular weight excluding hydrogens is 399 g/mol. The topological polar surface area (TPSA) is 76.1 Å². The Morgan fingerprint density at radius 1 is 0.903 bits per heavy atom. The van der Waals surface area contributed by atoms with Crippen LogP contribution in [0.3, 0.4) is 0 Å². The van der Waals surface area contributed by atoms with E-state index in [1.807, 2.05) is 12.1 Å². The van der Waals surface area contributed by atoms with Gasteiger partial charge < -0.3 is 25.1 Å². The lowest BCUT2D eigenvalue weighted by molar-refractivity contribution is 0.0701. The van der Waals surface area contributed by atoms with Crippen molar-refractivity contribution < 1.29 is 19.1 Å². The third-order valence-corrected chi connectivity index (χ3v) is 5.98. The molecule has 7 nitrogen and oxygen atoms in total. The number of anilines is 1. The molecule has 2 saturated heterocycles. The number of hydrogen-bond donors (Lipinski definition) is 2. The Morgan fingerprint density at radius 3 is 2.29 bits per heavy atom. The van der Waals surface area contributed by atoms with E-state index in [1.165, 1.54) is 12.1 Å². The minimum Gasteiger partial charge on any atom is -0.508 e. The largest absolute Gasteiger partial charge is 0.508 e. The lowest BCUT2D eigenvalue weighted by atomic mass is 10.0. The Kier molecular flexibility index (Phi) is 6.25. The van der Waals surface area contributed by atoms with Gasteiger partial charge in [0.25, 0.3) is 5.91 Å². The highest BCUT2D eigenvalue weighted by molar-refractivity contribution is 5.94.